The van der Waals surface area contributed by atoms with Crippen molar-refractivity contribution in [2.45, 2.75) is 19.8 Å². The molecule has 1 amide bonds. The van der Waals surface area contributed by atoms with Crippen LogP contribution in [0.1, 0.15) is 30.1 Å². The van der Waals surface area contributed by atoms with Crippen LogP contribution in [0.25, 0.3) is 0 Å². The maximum atomic E-state index is 12.8. The third kappa shape index (κ3) is 4.33. The summed E-state index contributed by atoms with van der Waals surface area (Å²) >= 11 is 0. The number of benzene rings is 1. The van der Waals surface area contributed by atoms with Crippen LogP contribution >= 0.6 is 0 Å². The van der Waals surface area contributed by atoms with Gasteiger partial charge in [-0.05, 0) is 37.0 Å². The Morgan fingerprint density at radius 3 is 2.89 bits per heavy atom. The van der Waals surface area contributed by atoms with Gasteiger partial charge in [0, 0.05) is 18.8 Å². The monoisotopic (exact) mass is 254 g/mol. The van der Waals surface area contributed by atoms with Crippen LogP contribution in [0.4, 0.5) is 10.1 Å². The van der Waals surface area contributed by atoms with E-state index in [0.717, 1.165) is 18.9 Å². The minimum Gasteiger partial charge on any atom is -0.398 e. The Balaban J connectivity index is 2.41. The molecule has 0 saturated heterocycles. The molecule has 4 nitrogen and oxygen atoms in total. The summed E-state index contributed by atoms with van der Waals surface area (Å²) in [5.74, 6) is -0.525. The van der Waals surface area contributed by atoms with Crippen LogP contribution in [0.3, 0.4) is 0 Å². The normalized spacial score (nSPS) is 12.2. The molecule has 1 rings (SSSR count). The zero-order valence-corrected chi connectivity index (χ0v) is 10.4. The number of aliphatic hydroxyl groups excluding tert-OH is 1. The molecule has 1 unspecified atom stereocenters. The molecule has 0 heterocycles. The molecule has 0 spiro atoms. The highest BCUT2D eigenvalue weighted by molar-refractivity contribution is 5.99. The van der Waals surface area contributed by atoms with Gasteiger partial charge in [-0.3, -0.25) is 4.79 Å². The van der Waals surface area contributed by atoms with E-state index in [1.165, 1.54) is 12.1 Å². The first-order valence-electron chi connectivity index (χ1n) is 5.98. The lowest BCUT2D eigenvalue weighted by molar-refractivity contribution is 0.0953. The van der Waals surface area contributed by atoms with Gasteiger partial charge in [0.15, 0.2) is 0 Å². The van der Waals surface area contributed by atoms with Crippen molar-refractivity contribution in [3.63, 3.8) is 0 Å². The van der Waals surface area contributed by atoms with Crippen molar-refractivity contribution in [1.29, 1.82) is 0 Å². The number of nitrogens with two attached hydrogens (primary N) is 1. The van der Waals surface area contributed by atoms with E-state index in [1.807, 2.05) is 6.92 Å². The van der Waals surface area contributed by atoms with Crippen molar-refractivity contribution in [3.8, 4) is 0 Å². The molecular formula is C13H19FN2O2. The SMILES string of the molecule is CC(CO)CCCNC(=O)c1ccc(F)cc1N. The van der Waals surface area contributed by atoms with Gasteiger partial charge >= 0.3 is 0 Å². The molecule has 18 heavy (non-hydrogen) atoms. The van der Waals surface area contributed by atoms with Gasteiger partial charge in [-0.25, -0.2) is 4.39 Å². The number of carbonyl (C=O) groups excluding carboxylic acids is 1. The smallest absolute Gasteiger partial charge is 0.253 e. The van der Waals surface area contributed by atoms with Crippen molar-refractivity contribution in [1.82, 2.24) is 5.32 Å². The van der Waals surface area contributed by atoms with Gasteiger partial charge in [0.1, 0.15) is 5.82 Å². The standard InChI is InChI=1S/C13H19FN2O2/c1-9(8-17)3-2-6-16-13(18)11-5-4-10(14)7-12(11)15/h4-5,7,9,17H,2-3,6,8,15H2,1H3,(H,16,18). The number of nitrogens with one attached hydrogen (secondary N) is 1. The number of nitrogen functional groups attached to an aromatic ring is 1. The lowest BCUT2D eigenvalue weighted by Gasteiger charge is -2.09. The van der Waals surface area contributed by atoms with Crippen molar-refractivity contribution < 1.29 is 14.3 Å². The molecule has 0 bridgehead atoms. The van der Waals surface area contributed by atoms with Gasteiger partial charge < -0.3 is 16.2 Å². The maximum absolute atomic E-state index is 12.8. The number of halogens is 1. The zero-order chi connectivity index (χ0) is 13.5. The number of amides is 1. The van der Waals surface area contributed by atoms with E-state index in [-0.39, 0.29) is 29.7 Å². The lowest BCUT2D eigenvalue weighted by atomic mass is 10.1. The molecule has 5 heteroatoms. The molecule has 0 fully saturated rings. The zero-order valence-electron chi connectivity index (χ0n) is 10.4. The highest BCUT2D eigenvalue weighted by atomic mass is 19.1. The number of rotatable bonds is 6. The largest absolute Gasteiger partial charge is 0.398 e. The van der Waals surface area contributed by atoms with Crippen LogP contribution in [0.15, 0.2) is 18.2 Å². The van der Waals surface area contributed by atoms with Gasteiger partial charge in [-0.1, -0.05) is 6.92 Å². The third-order valence-electron chi connectivity index (χ3n) is 2.73. The molecule has 0 aliphatic carbocycles. The Bertz CT molecular complexity index is 410. The van der Waals surface area contributed by atoms with Gasteiger partial charge in [-0.15, -0.1) is 0 Å². The van der Waals surface area contributed by atoms with Crippen molar-refractivity contribution in [3.05, 3.63) is 29.6 Å². The summed E-state index contributed by atoms with van der Waals surface area (Å²) in [7, 11) is 0. The molecule has 0 saturated carbocycles. The van der Waals surface area contributed by atoms with Crippen LogP contribution in [0.5, 0.6) is 0 Å². The average molecular weight is 254 g/mol. The Morgan fingerprint density at radius 2 is 2.28 bits per heavy atom. The first-order valence-corrected chi connectivity index (χ1v) is 5.98. The van der Waals surface area contributed by atoms with Crippen molar-refractivity contribution in [2.75, 3.05) is 18.9 Å². The maximum Gasteiger partial charge on any atom is 0.253 e. The molecule has 1 atom stereocenters. The fraction of sp³-hybridized carbons (Fsp3) is 0.462. The Morgan fingerprint density at radius 1 is 1.56 bits per heavy atom. The summed E-state index contributed by atoms with van der Waals surface area (Å²) in [6.07, 6.45) is 1.63. The minimum absolute atomic E-state index is 0.135. The number of anilines is 1. The molecular weight excluding hydrogens is 235 g/mol. The lowest BCUT2D eigenvalue weighted by Crippen LogP contribution is -2.25. The number of hydrogen-bond donors (Lipinski definition) is 3. The summed E-state index contributed by atoms with van der Waals surface area (Å²) in [6.45, 7) is 2.61. The Kier molecular flexibility index (Phi) is 5.58. The molecule has 0 aromatic heterocycles. The molecule has 4 N–H and O–H groups in total. The van der Waals surface area contributed by atoms with Crippen molar-refractivity contribution >= 4 is 11.6 Å². The molecule has 1 aromatic rings. The first-order chi connectivity index (χ1) is 8.54. The predicted molar refractivity (Wildman–Crippen MR) is 68.6 cm³/mol. The third-order valence-corrected chi connectivity index (χ3v) is 2.73. The van der Waals surface area contributed by atoms with Gasteiger partial charge in [0.2, 0.25) is 0 Å². The molecule has 0 radical (unpaired) electrons. The number of aliphatic hydroxyl groups is 1. The summed E-state index contributed by atoms with van der Waals surface area (Å²) in [4.78, 5) is 11.7. The average Bonchev–Trinajstić information content (AvgIpc) is 2.34. The van der Waals surface area contributed by atoms with Crippen LogP contribution < -0.4 is 11.1 Å². The fourth-order valence-corrected chi connectivity index (χ4v) is 1.58. The van der Waals surface area contributed by atoms with E-state index >= 15 is 0 Å². The van der Waals surface area contributed by atoms with Gasteiger partial charge in [0.25, 0.3) is 5.91 Å². The molecule has 0 aliphatic heterocycles. The van der Waals surface area contributed by atoms with Crippen LogP contribution in [-0.2, 0) is 0 Å². The number of carbonyl (C=O) groups is 1. The first kappa shape index (κ1) is 14.4. The van der Waals surface area contributed by atoms with Crippen molar-refractivity contribution in [2.24, 2.45) is 5.92 Å². The summed E-state index contributed by atoms with van der Waals surface area (Å²) in [6, 6.07) is 3.71. The molecule has 100 valence electrons. The highest BCUT2D eigenvalue weighted by Crippen LogP contribution is 2.13. The Labute approximate surface area is 106 Å². The van der Waals surface area contributed by atoms with E-state index in [9.17, 15) is 9.18 Å². The topological polar surface area (TPSA) is 75.3 Å². The van der Waals surface area contributed by atoms with E-state index in [4.69, 9.17) is 10.8 Å². The van der Waals surface area contributed by atoms with E-state index in [2.05, 4.69) is 5.32 Å². The van der Waals surface area contributed by atoms with Gasteiger partial charge in [0.05, 0.1) is 5.56 Å². The van der Waals surface area contributed by atoms with Crippen LogP contribution in [-0.4, -0.2) is 24.2 Å². The summed E-state index contributed by atoms with van der Waals surface area (Å²) in [5.41, 5.74) is 5.98. The number of hydrogen-bond acceptors (Lipinski definition) is 3. The second kappa shape index (κ2) is 6.96. The quantitative estimate of drug-likeness (QED) is 0.532. The van der Waals surface area contributed by atoms with E-state index in [0.29, 0.717) is 6.54 Å². The van der Waals surface area contributed by atoms with Gasteiger partial charge in [-0.2, -0.15) is 0 Å². The highest BCUT2D eigenvalue weighted by Gasteiger charge is 2.09. The minimum atomic E-state index is -0.458. The second-order valence-electron chi connectivity index (χ2n) is 4.42. The second-order valence-corrected chi connectivity index (χ2v) is 4.42. The van der Waals surface area contributed by atoms with E-state index in [1.54, 1.807) is 0 Å². The van der Waals surface area contributed by atoms with Crippen LogP contribution in [0.2, 0.25) is 0 Å². The Hall–Kier alpha value is -1.62. The fourth-order valence-electron chi connectivity index (χ4n) is 1.58. The van der Waals surface area contributed by atoms with E-state index < -0.39 is 5.82 Å². The summed E-state index contributed by atoms with van der Waals surface area (Å²) in [5, 5.41) is 11.6. The van der Waals surface area contributed by atoms with Crippen LogP contribution in [0, 0.1) is 11.7 Å². The molecule has 1 aromatic carbocycles. The molecule has 0 aliphatic rings. The predicted octanol–water partition coefficient (Wildman–Crippen LogP) is 1.55. The summed E-state index contributed by atoms with van der Waals surface area (Å²) < 4.78 is 12.8.